The van der Waals surface area contributed by atoms with E-state index in [0.29, 0.717) is 34.3 Å². The molecule has 0 spiro atoms. The van der Waals surface area contributed by atoms with Crippen LogP contribution in [0.2, 0.25) is 0 Å². The Morgan fingerprint density at radius 1 is 0.750 bits per heavy atom. The van der Waals surface area contributed by atoms with Crippen molar-refractivity contribution in [1.82, 2.24) is 24.8 Å². The number of fused-ring (bicyclic) bond motifs is 1. The lowest BCUT2D eigenvalue weighted by Gasteiger charge is -2.56. The molecule has 5 aliphatic carbocycles. The molecule has 6 aliphatic rings. The van der Waals surface area contributed by atoms with Crippen molar-refractivity contribution in [2.24, 2.45) is 29.1 Å². The van der Waals surface area contributed by atoms with Gasteiger partial charge in [-0.1, -0.05) is 57.4 Å². The molecule has 10 rings (SSSR count). The van der Waals surface area contributed by atoms with Crippen molar-refractivity contribution in [3.05, 3.63) is 76.2 Å². The number of piperazine rings is 1. The number of nitrogens with one attached hydrogen (secondary N) is 3. The monoisotopic (exact) mass is 869 g/mol. The maximum atomic E-state index is 13.4. The zero-order valence-corrected chi connectivity index (χ0v) is 38.6. The van der Waals surface area contributed by atoms with Crippen molar-refractivity contribution < 1.29 is 9.59 Å². The molecule has 6 fully saturated rings. The summed E-state index contributed by atoms with van der Waals surface area (Å²) >= 11 is 0. The zero-order chi connectivity index (χ0) is 44.0. The standard InChI is InChI=1S/C53H72N8O3/c1-37-27-49(63)61(45-15-13-14-43(31-45)56-51(64)42-16-17-42)50-46(37)36-55-52(58-50)57-47-19-18-44(26-38(47)2)60-24-22-59(23-25-60)21-12-10-8-6-4-3-5-7-9-11-20-54-48(62)35-53-32-39-28-40(33-53)30-41(29-39)34-53/h13-15,18-19,26-27,31,36,39-42H,3-12,16-17,20-25,28-30,32-35H2,1-2H3,(H,54,62)(H,56,64)(H,55,57,58). The quantitative estimate of drug-likeness (QED) is 0.0708. The summed E-state index contributed by atoms with van der Waals surface area (Å²) in [4.78, 5) is 53.3. The van der Waals surface area contributed by atoms with Crippen molar-refractivity contribution in [2.75, 3.05) is 54.8 Å². The number of carbonyl (C=O) groups is 2. The number of pyridine rings is 1. The average Bonchev–Trinajstić information content (AvgIpc) is 4.12. The van der Waals surface area contributed by atoms with Gasteiger partial charge >= 0.3 is 0 Å². The van der Waals surface area contributed by atoms with Gasteiger partial charge in [0.25, 0.3) is 5.56 Å². The second-order valence-corrected chi connectivity index (χ2v) is 20.7. The highest BCUT2D eigenvalue weighted by molar-refractivity contribution is 5.94. The Kier molecular flexibility index (Phi) is 14.0. The lowest BCUT2D eigenvalue weighted by molar-refractivity contribution is -0.129. The zero-order valence-electron chi connectivity index (χ0n) is 38.6. The Hall–Kier alpha value is -4.77. The van der Waals surface area contributed by atoms with Crippen LogP contribution >= 0.6 is 0 Å². The second kappa shape index (κ2) is 20.2. The third kappa shape index (κ3) is 11.0. The minimum atomic E-state index is -0.190. The normalized spacial score (nSPS) is 22.8. The highest BCUT2D eigenvalue weighted by atomic mass is 16.2. The Labute approximate surface area is 380 Å². The fourth-order valence-electron chi connectivity index (χ4n) is 12.2. The van der Waals surface area contributed by atoms with E-state index in [2.05, 4.69) is 55.9 Å². The molecule has 1 saturated heterocycles. The number of benzene rings is 2. The molecule has 5 saturated carbocycles. The number of rotatable bonds is 21. The number of aryl methyl sites for hydroxylation is 2. The number of unbranched alkanes of at least 4 members (excludes halogenated alkanes) is 9. The Balaban J connectivity index is 0.647. The molecular weight excluding hydrogens is 797 g/mol. The van der Waals surface area contributed by atoms with Crippen LogP contribution in [0.4, 0.5) is 23.0 Å². The molecule has 0 atom stereocenters. The summed E-state index contributed by atoms with van der Waals surface area (Å²) in [5.74, 6) is 3.62. The topological polar surface area (TPSA) is 124 Å². The van der Waals surface area contributed by atoms with Crippen LogP contribution in [0.15, 0.2) is 59.5 Å². The predicted molar refractivity (Wildman–Crippen MR) is 259 cm³/mol. The summed E-state index contributed by atoms with van der Waals surface area (Å²) in [6.45, 7) is 10.3. The third-order valence-electron chi connectivity index (χ3n) is 15.4. The van der Waals surface area contributed by atoms with E-state index in [-0.39, 0.29) is 17.4 Å². The van der Waals surface area contributed by atoms with Crippen LogP contribution in [0.3, 0.4) is 0 Å². The van der Waals surface area contributed by atoms with Gasteiger partial charge in [0.1, 0.15) is 0 Å². The lowest BCUT2D eigenvalue weighted by Crippen LogP contribution is -2.48. The fourth-order valence-corrected chi connectivity index (χ4v) is 12.2. The van der Waals surface area contributed by atoms with Gasteiger partial charge in [-0.05, 0) is 155 Å². The van der Waals surface area contributed by atoms with Gasteiger partial charge in [-0.2, -0.15) is 4.98 Å². The number of aromatic nitrogens is 3. The van der Waals surface area contributed by atoms with Crippen molar-refractivity contribution >= 4 is 45.9 Å². The lowest BCUT2D eigenvalue weighted by atomic mass is 9.49. The van der Waals surface area contributed by atoms with E-state index in [1.807, 2.05) is 31.2 Å². The highest BCUT2D eigenvalue weighted by Gasteiger charge is 2.51. The van der Waals surface area contributed by atoms with E-state index in [1.165, 1.54) is 109 Å². The smallest absolute Gasteiger partial charge is 0.257 e. The minimum Gasteiger partial charge on any atom is -0.369 e. The Morgan fingerprint density at radius 2 is 1.42 bits per heavy atom. The maximum absolute atomic E-state index is 13.4. The van der Waals surface area contributed by atoms with Crippen LogP contribution in [0.5, 0.6) is 0 Å². The van der Waals surface area contributed by atoms with Crippen LogP contribution in [-0.2, 0) is 9.59 Å². The molecule has 0 unspecified atom stereocenters. The summed E-state index contributed by atoms with van der Waals surface area (Å²) in [6, 6.07) is 15.5. The second-order valence-electron chi connectivity index (χ2n) is 20.7. The number of amides is 2. The van der Waals surface area contributed by atoms with Crippen molar-refractivity contribution in [3.63, 3.8) is 0 Å². The SMILES string of the molecule is Cc1cc(N2CCN(CCCCCCCCCCCCNC(=O)CC34CC5CC(CC(C5)C3)C4)CC2)ccc1Nc1ncc2c(C)cc(=O)n(-c3cccc(NC(=O)C4CC4)c3)c2n1. The summed E-state index contributed by atoms with van der Waals surface area (Å²) in [5.41, 5.74) is 6.05. The van der Waals surface area contributed by atoms with Crippen LogP contribution in [0, 0.1) is 42.9 Å². The molecule has 3 N–H and O–H groups in total. The first-order valence-electron chi connectivity index (χ1n) is 25.1. The number of anilines is 4. The Bertz CT molecular complexity index is 2290. The van der Waals surface area contributed by atoms with Gasteiger partial charge in [0.2, 0.25) is 17.8 Å². The van der Waals surface area contributed by atoms with Gasteiger partial charge in [-0.25, -0.2) is 4.98 Å². The van der Waals surface area contributed by atoms with E-state index in [1.54, 1.807) is 16.8 Å². The summed E-state index contributed by atoms with van der Waals surface area (Å²) in [6.07, 6.45) is 25.7. The molecule has 11 nitrogen and oxygen atoms in total. The fraction of sp³-hybridized carbons (Fsp3) is 0.604. The first kappa shape index (κ1) is 44.4. The maximum Gasteiger partial charge on any atom is 0.257 e. The van der Waals surface area contributed by atoms with Crippen LogP contribution < -0.4 is 26.4 Å². The third-order valence-corrected chi connectivity index (χ3v) is 15.4. The van der Waals surface area contributed by atoms with Crippen molar-refractivity contribution in [1.29, 1.82) is 0 Å². The van der Waals surface area contributed by atoms with E-state index in [4.69, 9.17) is 4.98 Å². The molecule has 64 heavy (non-hydrogen) atoms. The van der Waals surface area contributed by atoms with Gasteiger partial charge in [0, 0.05) is 79.8 Å². The number of carbonyl (C=O) groups excluding carboxylic acids is 2. The van der Waals surface area contributed by atoms with Gasteiger partial charge in [0.05, 0.1) is 5.69 Å². The minimum absolute atomic E-state index is 0.0249. The molecule has 4 aromatic rings. The molecule has 2 amide bonds. The molecule has 1 aliphatic heterocycles. The van der Waals surface area contributed by atoms with E-state index >= 15 is 0 Å². The molecule has 3 heterocycles. The number of hydrogen-bond donors (Lipinski definition) is 3. The summed E-state index contributed by atoms with van der Waals surface area (Å²) < 4.78 is 1.59. The number of hydrogen-bond acceptors (Lipinski definition) is 8. The summed E-state index contributed by atoms with van der Waals surface area (Å²) in [5, 5.41) is 10.5. The van der Waals surface area contributed by atoms with Gasteiger partial charge < -0.3 is 20.9 Å². The van der Waals surface area contributed by atoms with E-state index < -0.39 is 0 Å². The molecule has 342 valence electrons. The van der Waals surface area contributed by atoms with Crippen LogP contribution in [0.1, 0.15) is 133 Å². The first-order valence-corrected chi connectivity index (χ1v) is 25.1. The number of nitrogens with zero attached hydrogens (tertiary/aromatic N) is 5. The van der Waals surface area contributed by atoms with Crippen LogP contribution in [0.25, 0.3) is 16.7 Å². The predicted octanol–water partition coefficient (Wildman–Crippen LogP) is 10.2. The molecule has 2 aromatic carbocycles. The largest absolute Gasteiger partial charge is 0.369 e. The molecule has 0 radical (unpaired) electrons. The first-order chi connectivity index (χ1) is 31.2. The van der Waals surface area contributed by atoms with Crippen molar-refractivity contribution in [3.8, 4) is 5.69 Å². The Morgan fingerprint density at radius 3 is 2.09 bits per heavy atom. The molecule has 2 aromatic heterocycles. The molecule has 11 heteroatoms. The molecule has 4 bridgehead atoms. The average molecular weight is 869 g/mol. The van der Waals surface area contributed by atoms with E-state index in [0.717, 1.165) is 98.4 Å². The molecular formula is C53H72N8O3. The highest BCUT2D eigenvalue weighted by Crippen LogP contribution is 2.61. The van der Waals surface area contributed by atoms with E-state index in [9.17, 15) is 14.4 Å². The van der Waals surface area contributed by atoms with Crippen LogP contribution in [-0.4, -0.2) is 70.5 Å². The summed E-state index contributed by atoms with van der Waals surface area (Å²) in [7, 11) is 0. The van der Waals surface area contributed by atoms with Gasteiger partial charge in [-0.15, -0.1) is 0 Å². The van der Waals surface area contributed by atoms with Gasteiger partial charge in [-0.3, -0.25) is 23.9 Å². The van der Waals surface area contributed by atoms with Crippen molar-refractivity contribution in [2.45, 2.75) is 136 Å². The van der Waals surface area contributed by atoms with Gasteiger partial charge in [0.15, 0.2) is 5.65 Å².